The van der Waals surface area contributed by atoms with Gasteiger partial charge in [0.2, 0.25) is 11.7 Å². The molecular formula is C38H41Cl2N3O5. The zero-order valence-corrected chi connectivity index (χ0v) is 29.2. The van der Waals surface area contributed by atoms with Crippen molar-refractivity contribution in [3.05, 3.63) is 99.5 Å². The summed E-state index contributed by atoms with van der Waals surface area (Å²) in [7, 11) is 4.58. The first-order valence-electron chi connectivity index (χ1n) is 16.2. The lowest BCUT2D eigenvalue weighted by molar-refractivity contribution is -0.127. The van der Waals surface area contributed by atoms with Crippen molar-refractivity contribution in [2.75, 3.05) is 47.5 Å². The van der Waals surface area contributed by atoms with Crippen LogP contribution in [-0.4, -0.2) is 75.2 Å². The monoisotopic (exact) mass is 689 g/mol. The van der Waals surface area contributed by atoms with Crippen LogP contribution in [-0.2, 0) is 15.6 Å². The van der Waals surface area contributed by atoms with E-state index in [4.69, 9.17) is 43.1 Å². The highest BCUT2D eigenvalue weighted by Gasteiger charge is 2.55. The molecule has 2 amide bonds. The van der Waals surface area contributed by atoms with Crippen molar-refractivity contribution in [3.63, 3.8) is 0 Å². The third kappa shape index (κ3) is 5.74. The highest BCUT2D eigenvalue weighted by atomic mass is 35.5. The molecule has 0 bridgehead atoms. The zero-order chi connectivity index (χ0) is 34.2. The van der Waals surface area contributed by atoms with Gasteiger partial charge < -0.3 is 24.8 Å². The van der Waals surface area contributed by atoms with Crippen LogP contribution in [0.5, 0.6) is 17.2 Å². The van der Waals surface area contributed by atoms with Gasteiger partial charge in [-0.15, -0.1) is 0 Å². The van der Waals surface area contributed by atoms with Gasteiger partial charge in [-0.3, -0.25) is 14.5 Å². The van der Waals surface area contributed by atoms with Crippen LogP contribution in [0.25, 0.3) is 10.8 Å². The van der Waals surface area contributed by atoms with Crippen molar-refractivity contribution >= 4 is 45.8 Å². The smallest absolute Gasteiger partial charge is 0.254 e. The Morgan fingerprint density at radius 2 is 1.52 bits per heavy atom. The number of primary amides is 1. The Morgan fingerprint density at radius 1 is 0.833 bits per heavy atom. The van der Waals surface area contributed by atoms with Crippen LogP contribution >= 0.6 is 23.2 Å². The SMILES string of the molecule is CCN1CCC(C(N)=O)(c2ccc3ccccc3c2)CC1C1(c2ccc(Cl)c(Cl)c2)CCN(C(=O)c2cc(OC)c(OC)c(OC)c2)C1. The van der Waals surface area contributed by atoms with Gasteiger partial charge in [0.25, 0.3) is 5.91 Å². The number of carbonyl (C=O) groups is 2. The van der Waals surface area contributed by atoms with E-state index in [9.17, 15) is 9.59 Å². The number of carbonyl (C=O) groups excluding carboxylic acids is 2. The molecule has 2 fully saturated rings. The minimum absolute atomic E-state index is 0.148. The first-order valence-corrected chi connectivity index (χ1v) is 16.9. The Hall–Kier alpha value is -3.98. The van der Waals surface area contributed by atoms with Gasteiger partial charge in [-0.05, 0) is 78.5 Å². The highest BCUT2D eigenvalue weighted by Crippen LogP contribution is 2.50. The van der Waals surface area contributed by atoms with Gasteiger partial charge in [-0.25, -0.2) is 0 Å². The second-order valence-corrected chi connectivity index (χ2v) is 13.6. The van der Waals surface area contributed by atoms with Crippen LogP contribution < -0.4 is 19.9 Å². The average Bonchev–Trinajstić information content (AvgIpc) is 3.57. The van der Waals surface area contributed by atoms with E-state index in [2.05, 4.69) is 36.1 Å². The molecule has 252 valence electrons. The minimum Gasteiger partial charge on any atom is -0.493 e. The number of halogens is 2. The van der Waals surface area contributed by atoms with Gasteiger partial charge in [-0.2, -0.15) is 0 Å². The summed E-state index contributed by atoms with van der Waals surface area (Å²) in [6.07, 6.45) is 1.73. The summed E-state index contributed by atoms with van der Waals surface area (Å²) in [4.78, 5) is 32.3. The molecule has 8 nitrogen and oxygen atoms in total. The number of methoxy groups -OCH3 is 3. The van der Waals surface area contributed by atoms with E-state index in [0.29, 0.717) is 71.8 Å². The van der Waals surface area contributed by atoms with Crippen molar-refractivity contribution < 1.29 is 23.8 Å². The normalized spacial score (nSPS) is 22.9. The summed E-state index contributed by atoms with van der Waals surface area (Å²) in [6, 6.07) is 23.3. The summed E-state index contributed by atoms with van der Waals surface area (Å²) in [5, 5.41) is 3.06. The van der Waals surface area contributed by atoms with E-state index in [1.54, 1.807) is 12.1 Å². The fourth-order valence-electron chi connectivity index (χ4n) is 7.99. The summed E-state index contributed by atoms with van der Waals surface area (Å²) < 4.78 is 16.6. The highest BCUT2D eigenvalue weighted by molar-refractivity contribution is 6.42. The van der Waals surface area contributed by atoms with E-state index in [1.165, 1.54) is 21.3 Å². The fraction of sp³-hybridized carbons (Fsp3) is 0.368. The number of likely N-dealkylation sites (tertiary alicyclic amines) is 2. The lowest BCUT2D eigenvalue weighted by Gasteiger charge is -2.52. The maximum atomic E-state index is 14.3. The summed E-state index contributed by atoms with van der Waals surface area (Å²) in [6.45, 7) is 4.45. The molecule has 4 aromatic rings. The van der Waals surface area contributed by atoms with Gasteiger partial charge in [0.1, 0.15) is 0 Å². The minimum atomic E-state index is -0.905. The topological polar surface area (TPSA) is 94.3 Å². The van der Waals surface area contributed by atoms with Gasteiger partial charge in [0.15, 0.2) is 11.5 Å². The number of amides is 2. The Bertz CT molecular complexity index is 1840. The number of rotatable bonds is 9. The standard InChI is InChI=1S/C38H41Cl2N3O5/c1-5-42-16-14-37(36(41)45,27-11-10-24-8-6-7-9-25(24)18-27)22-33(42)38(28-12-13-29(39)30(40)21-28)15-17-43(23-38)35(44)26-19-31(46-2)34(48-4)32(20-26)47-3/h6-13,18-21,33H,5,14-17,22-23H2,1-4H3,(H2,41,45). The molecule has 3 atom stereocenters. The van der Waals surface area contributed by atoms with Crippen molar-refractivity contribution in [1.82, 2.24) is 9.80 Å². The second-order valence-electron chi connectivity index (χ2n) is 12.8. The summed E-state index contributed by atoms with van der Waals surface area (Å²) in [5.41, 5.74) is 7.21. The number of hydrogen-bond acceptors (Lipinski definition) is 6. The van der Waals surface area contributed by atoms with E-state index >= 15 is 0 Å². The number of piperidine rings is 1. The van der Waals surface area contributed by atoms with Crippen LogP contribution in [0.2, 0.25) is 10.0 Å². The number of fused-ring (bicyclic) bond motifs is 1. The molecule has 0 saturated carbocycles. The molecule has 3 unspecified atom stereocenters. The van der Waals surface area contributed by atoms with Crippen LogP contribution in [0.4, 0.5) is 0 Å². The molecule has 4 aromatic carbocycles. The van der Waals surface area contributed by atoms with E-state index in [-0.39, 0.29) is 17.9 Å². The number of likely N-dealkylation sites (N-methyl/N-ethyl adjacent to an activating group) is 1. The van der Waals surface area contributed by atoms with Gasteiger partial charge in [0, 0.05) is 30.1 Å². The molecule has 48 heavy (non-hydrogen) atoms. The Labute approximate surface area is 291 Å². The van der Waals surface area contributed by atoms with Crippen molar-refractivity contribution in [2.24, 2.45) is 5.73 Å². The van der Waals surface area contributed by atoms with E-state index < -0.39 is 10.8 Å². The molecule has 2 saturated heterocycles. The lowest BCUT2D eigenvalue weighted by Crippen LogP contribution is -2.61. The van der Waals surface area contributed by atoms with E-state index in [0.717, 1.165) is 28.4 Å². The predicted octanol–water partition coefficient (Wildman–Crippen LogP) is 6.86. The van der Waals surface area contributed by atoms with Crippen LogP contribution in [0, 0.1) is 0 Å². The lowest BCUT2D eigenvalue weighted by atomic mass is 9.61. The van der Waals surface area contributed by atoms with Crippen molar-refractivity contribution in [3.8, 4) is 17.2 Å². The zero-order valence-electron chi connectivity index (χ0n) is 27.7. The Kier molecular flexibility index (Phi) is 9.53. The van der Waals surface area contributed by atoms with Crippen molar-refractivity contribution in [2.45, 2.75) is 43.1 Å². The Balaban J connectivity index is 1.45. The third-order valence-corrected chi connectivity index (χ3v) is 11.4. The molecule has 10 heteroatoms. The third-order valence-electron chi connectivity index (χ3n) is 10.6. The number of nitrogens with zero attached hydrogens (tertiary/aromatic N) is 2. The number of ether oxygens (including phenoxy) is 3. The summed E-state index contributed by atoms with van der Waals surface area (Å²) >= 11 is 13.1. The number of benzene rings is 4. The maximum absolute atomic E-state index is 14.3. The van der Waals surface area contributed by atoms with Crippen LogP contribution in [0.15, 0.2) is 72.8 Å². The molecular weight excluding hydrogens is 649 g/mol. The first-order chi connectivity index (χ1) is 23.1. The number of hydrogen-bond donors (Lipinski definition) is 1. The molecule has 2 heterocycles. The molecule has 6 rings (SSSR count). The molecule has 2 aliphatic rings. The fourth-order valence-corrected chi connectivity index (χ4v) is 8.29. The average molecular weight is 691 g/mol. The van der Waals surface area contributed by atoms with Gasteiger partial charge >= 0.3 is 0 Å². The molecule has 2 N–H and O–H groups in total. The predicted molar refractivity (Wildman–Crippen MR) is 190 cm³/mol. The Morgan fingerprint density at radius 3 is 2.15 bits per heavy atom. The van der Waals surface area contributed by atoms with E-state index in [1.807, 2.05) is 41.3 Å². The molecule has 0 aromatic heterocycles. The molecule has 2 aliphatic heterocycles. The van der Waals surface area contributed by atoms with Crippen LogP contribution in [0.3, 0.4) is 0 Å². The van der Waals surface area contributed by atoms with Crippen molar-refractivity contribution in [1.29, 1.82) is 0 Å². The van der Waals surface area contributed by atoms with Crippen LogP contribution in [0.1, 0.15) is 47.7 Å². The molecule has 0 aliphatic carbocycles. The summed E-state index contributed by atoms with van der Waals surface area (Å²) in [5.74, 6) is 0.722. The molecule has 0 spiro atoms. The first kappa shape index (κ1) is 33.9. The van der Waals surface area contributed by atoms with Gasteiger partial charge in [0.05, 0.1) is 36.8 Å². The largest absolute Gasteiger partial charge is 0.493 e. The second kappa shape index (κ2) is 13.5. The van der Waals surface area contributed by atoms with Gasteiger partial charge in [-0.1, -0.05) is 78.7 Å². The molecule has 0 radical (unpaired) electrons. The maximum Gasteiger partial charge on any atom is 0.254 e. The number of nitrogens with two attached hydrogens (primary N) is 1. The quantitative estimate of drug-likeness (QED) is 0.206.